The molecule has 0 bridgehead atoms. The first-order valence-electron chi connectivity index (χ1n) is 9.75. The number of nitrogens with zero attached hydrogens (tertiary/aromatic N) is 2. The number of methoxy groups -OCH3 is 2. The second-order valence-electron chi connectivity index (χ2n) is 7.13. The molecule has 0 aliphatic heterocycles. The van der Waals surface area contributed by atoms with Crippen molar-refractivity contribution in [3.8, 4) is 28.9 Å². The zero-order valence-corrected chi connectivity index (χ0v) is 18.1. The highest BCUT2D eigenvalue weighted by Crippen LogP contribution is 2.47. The molecule has 0 radical (unpaired) electrons. The number of para-hydroxylation sites is 1. The van der Waals surface area contributed by atoms with E-state index < -0.39 is 5.97 Å². The molecule has 7 nitrogen and oxygen atoms in total. The molecule has 1 aromatic heterocycles. The highest BCUT2D eigenvalue weighted by atomic mass is 35.5. The van der Waals surface area contributed by atoms with Gasteiger partial charge in [0.25, 0.3) is 5.88 Å². The lowest BCUT2D eigenvalue weighted by Gasteiger charge is -2.16. The summed E-state index contributed by atoms with van der Waals surface area (Å²) < 4.78 is 22.3. The van der Waals surface area contributed by atoms with Crippen LogP contribution in [-0.4, -0.2) is 30.4 Å². The van der Waals surface area contributed by atoms with Crippen LogP contribution in [0.4, 0.5) is 0 Å². The van der Waals surface area contributed by atoms with Gasteiger partial charge < -0.3 is 18.9 Å². The van der Waals surface area contributed by atoms with Crippen molar-refractivity contribution in [2.45, 2.75) is 25.7 Å². The Hall–Kier alpha value is -3.32. The molecule has 2 aromatic carbocycles. The molecule has 0 saturated heterocycles. The van der Waals surface area contributed by atoms with Crippen molar-refractivity contribution in [1.29, 1.82) is 0 Å². The Kier molecular flexibility index (Phi) is 5.95. The number of esters is 1. The van der Waals surface area contributed by atoms with Crippen molar-refractivity contribution >= 4 is 17.6 Å². The van der Waals surface area contributed by atoms with Crippen LogP contribution in [0.15, 0.2) is 42.5 Å². The summed E-state index contributed by atoms with van der Waals surface area (Å²) in [5, 5.41) is 7.94. The summed E-state index contributed by atoms with van der Waals surface area (Å²) >= 11 is 6.02. The van der Waals surface area contributed by atoms with Crippen LogP contribution in [0.3, 0.4) is 0 Å². The molecule has 160 valence electrons. The summed E-state index contributed by atoms with van der Waals surface area (Å²) in [6.07, 6.45) is 2.23. The summed E-state index contributed by atoms with van der Waals surface area (Å²) in [7, 11) is 2.92. The molecular weight excluding hydrogens is 420 g/mol. The van der Waals surface area contributed by atoms with E-state index in [-0.39, 0.29) is 22.3 Å². The molecule has 1 aliphatic carbocycles. The van der Waals surface area contributed by atoms with E-state index >= 15 is 0 Å². The smallest absolute Gasteiger partial charge is 0.351 e. The number of carbonyl (C=O) groups is 1. The molecule has 0 amide bonds. The fourth-order valence-electron chi connectivity index (χ4n) is 3.32. The first-order valence-corrected chi connectivity index (χ1v) is 10.1. The van der Waals surface area contributed by atoms with E-state index in [1.54, 1.807) is 18.2 Å². The van der Waals surface area contributed by atoms with E-state index in [0.29, 0.717) is 23.2 Å². The molecule has 0 unspecified atom stereocenters. The van der Waals surface area contributed by atoms with Gasteiger partial charge in [-0.1, -0.05) is 35.9 Å². The molecular formula is C23H21ClN2O5. The quantitative estimate of drug-likeness (QED) is 0.458. The summed E-state index contributed by atoms with van der Waals surface area (Å²) in [6, 6.07) is 12.4. The fraction of sp³-hybridized carbons (Fsp3) is 0.261. The van der Waals surface area contributed by atoms with Crippen LogP contribution in [0.5, 0.6) is 28.9 Å². The van der Waals surface area contributed by atoms with E-state index in [1.807, 2.05) is 25.1 Å². The lowest BCUT2D eigenvalue weighted by molar-refractivity contribution is 0.0722. The third-order valence-electron chi connectivity index (χ3n) is 4.99. The Labute approximate surface area is 184 Å². The molecule has 0 atom stereocenters. The van der Waals surface area contributed by atoms with Gasteiger partial charge in [0.05, 0.1) is 14.2 Å². The zero-order valence-electron chi connectivity index (χ0n) is 17.3. The SMILES string of the molecule is COc1cccc(OC)c1C(=O)Oc1cc(Cl)nnc1Oc1c(C)cccc1C1CC1. The van der Waals surface area contributed by atoms with E-state index in [2.05, 4.69) is 10.2 Å². The fourth-order valence-corrected chi connectivity index (χ4v) is 3.45. The maximum absolute atomic E-state index is 13.0. The minimum absolute atomic E-state index is 0.0443. The van der Waals surface area contributed by atoms with Gasteiger partial charge >= 0.3 is 5.97 Å². The first kappa shape index (κ1) is 20.9. The van der Waals surface area contributed by atoms with Crippen LogP contribution in [0, 0.1) is 6.92 Å². The normalized spacial score (nSPS) is 12.9. The maximum atomic E-state index is 13.0. The summed E-state index contributed by atoms with van der Waals surface area (Å²) in [6.45, 7) is 1.95. The number of benzene rings is 2. The van der Waals surface area contributed by atoms with Gasteiger partial charge in [-0.15, -0.1) is 10.2 Å². The number of rotatable bonds is 7. The predicted octanol–water partition coefficient (Wildman–Crippen LogP) is 5.34. The Morgan fingerprint density at radius 2 is 1.68 bits per heavy atom. The van der Waals surface area contributed by atoms with Gasteiger partial charge in [-0.25, -0.2) is 4.79 Å². The average Bonchev–Trinajstić information content (AvgIpc) is 3.61. The van der Waals surface area contributed by atoms with E-state index in [0.717, 1.165) is 24.0 Å². The van der Waals surface area contributed by atoms with Crippen molar-refractivity contribution < 1.29 is 23.7 Å². The number of aryl methyl sites for hydroxylation is 1. The van der Waals surface area contributed by atoms with Gasteiger partial charge in [0.1, 0.15) is 22.8 Å². The van der Waals surface area contributed by atoms with Crippen LogP contribution >= 0.6 is 11.6 Å². The molecule has 31 heavy (non-hydrogen) atoms. The van der Waals surface area contributed by atoms with E-state index in [9.17, 15) is 4.79 Å². The minimum atomic E-state index is -0.699. The van der Waals surface area contributed by atoms with E-state index in [1.165, 1.54) is 20.3 Å². The van der Waals surface area contributed by atoms with Crippen LogP contribution in [0.2, 0.25) is 5.15 Å². The summed E-state index contributed by atoms with van der Waals surface area (Å²) in [5.74, 6) is 1.17. The summed E-state index contributed by atoms with van der Waals surface area (Å²) in [4.78, 5) is 13.0. The van der Waals surface area contributed by atoms with Gasteiger partial charge in [-0.3, -0.25) is 0 Å². The summed E-state index contributed by atoms with van der Waals surface area (Å²) in [5.41, 5.74) is 2.19. The monoisotopic (exact) mass is 440 g/mol. The lowest BCUT2D eigenvalue weighted by atomic mass is 10.1. The third kappa shape index (κ3) is 4.41. The highest BCUT2D eigenvalue weighted by Gasteiger charge is 2.29. The molecule has 0 N–H and O–H groups in total. The minimum Gasteiger partial charge on any atom is -0.496 e. The Morgan fingerprint density at radius 1 is 1.00 bits per heavy atom. The van der Waals surface area contributed by atoms with Crippen molar-refractivity contribution in [3.05, 3.63) is 64.3 Å². The van der Waals surface area contributed by atoms with E-state index in [4.69, 9.17) is 30.5 Å². The third-order valence-corrected chi connectivity index (χ3v) is 5.17. The predicted molar refractivity (Wildman–Crippen MR) is 115 cm³/mol. The van der Waals surface area contributed by atoms with Crippen molar-refractivity contribution in [2.75, 3.05) is 14.2 Å². The highest BCUT2D eigenvalue weighted by molar-refractivity contribution is 6.29. The first-order chi connectivity index (χ1) is 15.0. The second kappa shape index (κ2) is 8.81. The Balaban J connectivity index is 1.69. The van der Waals surface area contributed by atoms with Crippen molar-refractivity contribution in [2.24, 2.45) is 0 Å². The standard InChI is InChI=1S/C23H21ClN2O5/c1-13-6-4-7-15(14-10-11-14)21(13)31-22-18(12-19(24)25-26-22)30-23(27)20-16(28-2)8-5-9-17(20)29-3/h4-9,12,14H,10-11H2,1-3H3. The molecule has 4 rings (SSSR count). The van der Waals surface area contributed by atoms with Crippen LogP contribution in [0.1, 0.15) is 40.2 Å². The van der Waals surface area contributed by atoms with Crippen LogP contribution in [0.25, 0.3) is 0 Å². The molecule has 1 fully saturated rings. The lowest BCUT2D eigenvalue weighted by Crippen LogP contribution is -2.13. The number of hydrogen-bond acceptors (Lipinski definition) is 7. The molecule has 0 spiro atoms. The largest absolute Gasteiger partial charge is 0.496 e. The topological polar surface area (TPSA) is 79.8 Å². The van der Waals surface area contributed by atoms with Gasteiger partial charge in [0.15, 0.2) is 10.9 Å². The molecule has 1 saturated carbocycles. The maximum Gasteiger partial charge on any atom is 0.351 e. The molecule has 1 aliphatic rings. The second-order valence-corrected chi connectivity index (χ2v) is 7.52. The number of halogens is 1. The zero-order chi connectivity index (χ0) is 22.0. The van der Waals surface area contributed by atoms with Crippen molar-refractivity contribution in [3.63, 3.8) is 0 Å². The van der Waals surface area contributed by atoms with Gasteiger partial charge in [0, 0.05) is 6.07 Å². The van der Waals surface area contributed by atoms with Gasteiger partial charge in [-0.2, -0.15) is 0 Å². The number of hydrogen-bond donors (Lipinski definition) is 0. The Bertz CT molecular complexity index is 1110. The van der Waals surface area contributed by atoms with Crippen LogP contribution < -0.4 is 18.9 Å². The number of ether oxygens (including phenoxy) is 4. The Morgan fingerprint density at radius 3 is 2.32 bits per heavy atom. The van der Waals surface area contributed by atoms with Crippen LogP contribution in [-0.2, 0) is 0 Å². The van der Waals surface area contributed by atoms with Gasteiger partial charge in [0.2, 0.25) is 0 Å². The van der Waals surface area contributed by atoms with Gasteiger partial charge in [-0.05, 0) is 48.9 Å². The number of aromatic nitrogens is 2. The van der Waals surface area contributed by atoms with Crippen molar-refractivity contribution in [1.82, 2.24) is 10.2 Å². The average molecular weight is 441 g/mol. The molecule has 1 heterocycles. The number of carbonyl (C=O) groups excluding carboxylic acids is 1. The molecule has 8 heteroatoms. The molecule has 3 aromatic rings.